The third kappa shape index (κ3) is 23.6. The van der Waals surface area contributed by atoms with E-state index in [9.17, 15) is 9.59 Å². The molecule has 1 rings (SSSR count). The monoisotopic (exact) mass is 486 g/mol. The summed E-state index contributed by atoms with van der Waals surface area (Å²) in [4.78, 5) is 23.6. The molecule has 198 valence electrons. The van der Waals surface area contributed by atoms with Crippen LogP contribution in [0.15, 0.2) is 0 Å². The third-order valence-electron chi connectivity index (χ3n) is 6.42. The van der Waals surface area contributed by atoms with Crippen molar-refractivity contribution in [2.24, 2.45) is 0 Å². The first-order chi connectivity index (χ1) is 17.3. The zero-order chi connectivity index (χ0) is 25.1. The quantitative estimate of drug-likeness (QED) is 0.257. The van der Waals surface area contributed by atoms with Crippen LogP contribution in [0.1, 0.15) is 148 Å². The van der Waals surface area contributed by atoms with Crippen molar-refractivity contribution in [1.82, 2.24) is 0 Å². The number of esters is 2. The van der Waals surface area contributed by atoms with E-state index in [0.29, 0.717) is 26.1 Å². The van der Waals surface area contributed by atoms with Crippen molar-refractivity contribution in [1.29, 1.82) is 0 Å². The van der Waals surface area contributed by atoms with Gasteiger partial charge in [-0.15, -0.1) is 0 Å². The minimum Gasteiger partial charge on any atom is -0.466 e. The van der Waals surface area contributed by atoms with Gasteiger partial charge in [0, 0.05) is 25.7 Å². The predicted octanol–water partition coefficient (Wildman–Crippen LogP) is 8.07. The van der Waals surface area contributed by atoms with E-state index >= 15 is 0 Å². The molecule has 1 aliphatic heterocycles. The zero-order valence-corrected chi connectivity index (χ0v) is 22.3. The fourth-order valence-electron chi connectivity index (χ4n) is 4.20. The van der Waals surface area contributed by atoms with Gasteiger partial charge in [-0.2, -0.15) is 0 Å². The van der Waals surface area contributed by atoms with E-state index < -0.39 is 0 Å². The average Bonchev–Trinajstić information content (AvgIpc) is 2.85. The number of hydrogen-bond donors (Lipinski definition) is 0. The number of ether oxygens (including phenoxy) is 2. The van der Waals surface area contributed by atoms with E-state index in [0.717, 1.165) is 83.5 Å². The largest absolute Gasteiger partial charge is 0.466 e. The van der Waals surface area contributed by atoms with Gasteiger partial charge in [0.05, 0.1) is 13.2 Å². The summed E-state index contributed by atoms with van der Waals surface area (Å²) in [5.74, 6) is 12.2. The van der Waals surface area contributed by atoms with E-state index in [1.165, 1.54) is 51.4 Å². The molecular formula is C31H50O4. The second-order valence-corrected chi connectivity index (χ2v) is 9.76. The van der Waals surface area contributed by atoms with Gasteiger partial charge in [0.15, 0.2) is 0 Å². The first-order valence-electron chi connectivity index (χ1n) is 14.6. The fraction of sp³-hybridized carbons (Fsp3) is 0.806. The Morgan fingerprint density at radius 3 is 1.11 bits per heavy atom. The number of rotatable bonds is 0. The Bertz CT molecular complexity index is 590. The molecule has 0 atom stereocenters. The van der Waals surface area contributed by atoms with Crippen LogP contribution in [0, 0.1) is 23.7 Å². The van der Waals surface area contributed by atoms with E-state index in [-0.39, 0.29) is 11.9 Å². The molecule has 1 aliphatic rings. The maximum Gasteiger partial charge on any atom is 0.305 e. The smallest absolute Gasteiger partial charge is 0.305 e. The lowest BCUT2D eigenvalue weighted by molar-refractivity contribution is -0.144. The van der Waals surface area contributed by atoms with Crippen LogP contribution in [0.25, 0.3) is 0 Å². The lowest BCUT2D eigenvalue weighted by atomic mass is 10.1. The Balaban J connectivity index is 2.20. The molecule has 0 saturated carbocycles. The van der Waals surface area contributed by atoms with E-state index in [2.05, 4.69) is 23.7 Å². The maximum atomic E-state index is 11.8. The molecule has 4 nitrogen and oxygen atoms in total. The first-order valence-corrected chi connectivity index (χ1v) is 14.6. The summed E-state index contributed by atoms with van der Waals surface area (Å²) >= 11 is 0. The molecule has 0 aromatic carbocycles. The van der Waals surface area contributed by atoms with Crippen LogP contribution in [0.5, 0.6) is 0 Å². The summed E-state index contributed by atoms with van der Waals surface area (Å²) in [5, 5.41) is 0. The van der Waals surface area contributed by atoms with Gasteiger partial charge >= 0.3 is 11.9 Å². The Hall–Kier alpha value is -1.94. The molecular weight excluding hydrogens is 436 g/mol. The summed E-state index contributed by atoms with van der Waals surface area (Å²) < 4.78 is 10.7. The van der Waals surface area contributed by atoms with E-state index in [4.69, 9.17) is 9.47 Å². The zero-order valence-electron chi connectivity index (χ0n) is 22.3. The Morgan fingerprint density at radius 1 is 0.400 bits per heavy atom. The molecule has 4 heteroatoms. The molecule has 0 radical (unpaired) electrons. The summed E-state index contributed by atoms with van der Waals surface area (Å²) in [6, 6.07) is 0. The van der Waals surface area contributed by atoms with Gasteiger partial charge < -0.3 is 9.47 Å². The number of hydrogen-bond acceptors (Lipinski definition) is 4. The molecule has 0 saturated heterocycles. The highest BCUT2D eigenvalue weighted by Gasteiger charge is 2.05. The van der Waals surface area contributed by atoms with E-state index in [1.54, 1.807) is 0 Å². The van der Waals surface area contributed by atoms with Crippen LogP contribution >= 0.6 is 0 Å². The molecule has 0 unspecified atom stereocenters. The van der Waals surface area contributed by atoms with Crippen molar-refractivity contribution in [2.45, 2.75) is 148 Å². The Labute approximate surface area is 215 Å². The summed E-state index contributed by atoms with van der Waals surface area (Å²) in [6.07, 6.45) is 24.2. The predicted molar refractivity (Wildman–Crippen MR) is 144 cm³/mol. The van der Waals surface area contributed by atoms with Crippen molar-refractivity contribution >= 4 is 11.9 Å². The van der Waals surface area contributed by atoms with Crippen LogP contribution in [0.3, 0.4) is 0 Å². The van der Waals surface area contributed by atoms with Crippen LogP contribution in [0.4, 0.5) is 0 Å². The third-order valence-corrected chi connectivity index (χ3v) is 6.42. The second-order valence-electron chi connectivity index (χ2n) is 9.76. The molecule has 0 spiro atoms. The van der Waals surface area contributed by atoms with Gasteiger partial charge in [-0.3, -0.25) is 9.59 Å². The molecule has 1 heterocycles. The number of carbonyl (C=O) groups excluding carboxylic acids is 2. The van der Waals surface area contributed by atoms with E-state index in [1.807, 2.05) is 0 Å². The molecule has 0 aromatic heterocycles. The highest BCUT2D eigenvalue weighted by molar-refractivity contribution is 5.69. The Kier molecular flexibility index (Phi) is 22.4. The summed E-state index contributed by atoms with van der Waals surface area (Å²) in [5.41, 5.74) is 0. The molecule has 35 heavy (non-hydrogen) atoms. The average molecular weight is 487 g/mol. The SMILES string of the molecule is O=C1CCCCCCCC(=O)OCCCCCCCCCC#CC#CCCCCCCCCCO1. The van der Waals surface area contributed by atoms with Gasteiger partial charge in [0.1, 0.15) is 0 Å². The minimum absolute atomic E-state index is 0.0685. The highest BCUT2D eigenvalue weighted by Crippen LogP contribution is 2.11. The summed E-state index contributed by atoms with van der Waals surface area (Å²) in [6.45, 7) is 1.11. The van der Waals surface area contributed by atoms with Gasteiger partial charge in [0.25, 0.3) is 0 Å². The Morgan fingerprint density at radius 2 is 0.714 bits per heavy atom. The second kappa shape index (κ2) is 25.2. The molecule has 0 bridgehead atoms. The van der Waals surface area contributed by atoms with Gasteiger partial charge in [-0.25, -0.2) is 0 Å². The van der Waals surface area contributed by atoms with Crippen LogP contribution in [0.2, 0.25) is 0 Å². The topological polar surface area (TPSA) is 52.6 Å². The molecule has 0 fully saturated rings. The minimum atomic E-state index is -0.0685. The highest BCUT2D eigenvalue weighted by atomic mass is 16.5. The van der Waals surface area contributed by atoms with Crippen molar-refractivity contribution < 1.29 is 19.1 Å². The van der Waals surface area contributed by atoms with Crippen LogP contribution < -0.4 is 0 Å². The fourth-order valence-corrected chi connectivity index (χ4v) is 4.20. The van der Waals surface area contributed by atoms with Crippen LogP contribution in [-0.2, 0) is 19.1 Å². The molecule has 0 aromatic rings. The van der Waals surface area contributed by atoms with Gasteiger partial charge in [-0.05, 0) is 50.4 Å². The molecule has 0 N–H and O–H groups in total. The van der Waals surface area contributed by atoms with Gasteiger partial charge in [-0.1, -0.05) is 95.3 Å². The number of cyclic esters (lactones) is 2. The van der Waals surface area contributed by atoms with Crippen molar-refractivity contribution in [3.63, 3.8) is 0 Å². The standard InChI is InChI=1S/C31H50O4/c32-30-26-22-18-17-19-23-27-31(33)35-29-25-21-16-14-12-10-8-6-4-2-1-3-5-7-9-11-13-15-20-24-28-34-30/h5-29H2. The first kappa shape index (κ1) is 31.1. The lowest BCUT2D eigenvalue weighted by Crippen LogP contribution is -2.06. The van der Waals surface area contributed by atoms with Crippen molar-refractivity contribution in [3.8, 4) is 23.7 Å². The van der Waals surface area contributed by atoms with Crippen molar-refractivity contribution in [3.05, 3.63) is 0 Å². The molecule has 0 amide bonds. The number of carbonyl (C=O) groups is 2. The van der Waals surface area contributed by atoms with Crippen LogP contribution in [-0.4, -0.2) is 25.2 Å². The normalized spacial score (nSPS) is 21.1. The van der Waals surface area contributed by atoms with Gasteiger partial charge in [0.2, 0.25) is 0 Å². The maximum absolute atomic E-state index is 11.8. The lowest BCUT2D eigenvalue weighted by Gasteiger charge is -2.06. The van der Waals surface area contributed by atoms with Crippen molar-refractivity contribution in [2.75, 3.05) is 13.2 Å². The molecule has 0 aliphatic carbocycles. The summed E-state index contributed by atoms with van der Waals surface area (Å²) in [7, 11) is 0.